The van der Waals surface area contributed by atoms with Gasteiger partial charge in [0.1, 0.15) is 0 Å². The van der Waals surface area contributed by atoms with Gasteiger partial charge >= 0.3 is 0 Å². The Morgan fingerprint density at radius 3 is 2.50 bits per heavy atom. The van der Waals surface area contributed by atoms with Crippen LogP contribution in [0.2, 0.25) is 0 Å². The fraction of sp³-hybridized carbons (Fsp3) is 0.0714. The van der Waals surface area contributed by atoms with Gasteiger partial charge in [0, 0.05) is 26.6 Å². The molecule has 4 heteroatoms. The number of halogens is 2. The average molecular weight is 369 g/mol. The Hall–Kier alpha value is -1.13. The van der Waals surface area contributed by atoms with E-state index in [1.807, 2.05) is 24.3 Å². The maximum Gasteiger partial charge on any atom is 0.167 e. The lowest BCUT2D eigenvalue weighted by Crippen LogP contribution is -2.05. The highest BCUT2D eigenvalue weighted by Gasteiger charge is 2.10. The molecule has 0 saturated carbocycles. The summed E-state index contributed by atoms with van der Waals surface area (Å²) in [5, 5.41) is 0. The Labute approximate surface area is 122 Å². The Balaban J connectivity index is 2.25. The summed E-state index contributed by atoms with van der Waals surface area (Å²) in [5.41, 5.74) is 7.91. The summed E-state index contributed by atoms with van der Waals surface area (Å²) in [6.45, 7) is 0. The summed E-state index contributed by atoms with van der Waals surface area (Å²) in [5.74, 6) is 0.0508. The number of ketones is 1. The molecule has 0 aliphatic rings. The van der Waals surface area contributed by atoms with E-state index in [-0.39, 0.29) is 5.78 Å². The molecule has 0 unspecified atom stereocenters. The number of Topliss-reactive ketones (excluding diaryl/α,β-unsaturated/α-hetero) is 1. The van der Waals surface area contributed by atoms with E-state index in [9.17, 15) is 4.79 Å². The van der Waals surface area contributed by atoms with E-state index in [1.54, 1.807) is 18.2 Å². The van der Waals surface area contributed by atoms with Gasteiger partial charge in [0.05, 0.1) is 0 Å². The van der Waals surface area contributed by atoms with Gasteiger partial charge < -0.3 is 5.73 Å². The third-order valence-electron chi connectivity index (χ3n) is 2.55. The van der Waals surface area contributed by atoms with Gasteiger partial charge in [0.15, 0.2) is 5.78 Å². The van der Waals surface area contributed by atoms with Crippen molar-refractivity contribution in [1.29, 1.82) is 0 Å². The molecule has 92 valence electrons. The maximum absolute atomic E-state index is 12.2. The molecule has 0 amide bonds. The predicted octanol–water partition coefficient (Wildman–Crippen LogP) is 4.22. The summed E-state index contributed by atoms with van der Waals surface area (Å²) in [4.78, 5) is 12.2. The standard InChI is InChI=1S/C14H11Br2NO/c15-11-5-10(6-12(17)8-11)14(18)7-9-3-1-2-4-13(9)16/h1-6,8H,7,17H2. The van der Waals surface area contributed by atoms with E-state index in [1.165, 1.54) is 0 Å². The van der Waals surface area contributed by atoms with Gasteiger partial charge in [-0.25, -0.2) is 0 Å². The molecule has 0 saturated heterocycles. The fourth-order valence-corrected chi connectivity index (χ4v) is 2.63. The Kier molecular flexibility index (Phi) is 4.19. The monoisotopic (exact) mass is 367 g/mol. The van der Waals surface area contributed by atoms with Crippen LogP contribution in [0.5, 0.6) is 0 Å². The Morgan fingerprint density at radius 1 is 1.11 bits per heavy atom. The first kappa shape index (κ1) is 13.3. The number of nitrogens with two attached hydrogens (primary N) is 1. The number of rotatable bonds is 3. The Bertz CT molecular complexity index is 576. The molecule has 0 aliphatic carbocycles. The molecule has 0 atom stereocenters. The van der Waals surface area contributed by atoms with Gasteiger partial charge in [-0.05, 0) is 29.8 Å². The van der Waals surface area contributed by atoms with Crippen LogP contribution in [-0.4, -0.2) is 5.78 Å². The van der Waals surface area contributed by atoms with E-state index in [0.717, 1.165) is 14.5 Å². The first-order chi connectivity index (χ1) is 8.56. The lowest BCUT2D eigenvalue weighted by molar-refractivity contribution is 0.0993. The maximum atomic E-state index is 12.2. The van der Waals surface area contributed by atoms with E-state index in [2.05, 4.69) is 31.9 Å². The van der Waals surface area contributed by atoms with E-state index >= 15 is 0 Å². The third-order valence-corrected chi connectivity index (χ3v) is 3.78. The van der Waals surface area contributed by atoms with Crippen molar-refractivity contribution in [2.45, 2.75) is 6.42 Å². The number of anilines is 1. The molecule has 0 aliphatic heterocycles. The number of hydrogen-bond acceptors (Lipinski definition) is 2. The van der Waals surface area contributed by atoms with Crippen LogP contribution in [0.1, 0.15) is 15.9 Å². The predicted molar refractivity (Wildman–Crippen MR) is 80.7 cm³/mol. The highest BCUT2D eigenvalue weighted by Crippen LogP contribution is 2.21. The molecule has 2 N–H and O–H groups in total. The Morgan fingerprint density at radius 2 is 1.83 bits per heavy atom. The van der Waals surface area contributed by atoms with Crippen molar-refractivity contribution < 1.29 is 4.79 Å². The van der Waals surface area contributed by atoms with Crippen molar-refractivity contribution in [3.8, 4) is 0 Å². The van der Waals surface area contributed by atoms with Crippen molar-refractivity contribution >= 4 is 43.3 Å². The molecule has 2 aromatic rings. The number of nitrogen functional groups attached to an aromatic ring is 1. The molecule has 2 nitrogen and oxygen atoms in total. The lowest BCUT2D eigenvalue weighted by Gasteiger charge is -2.05. The minimum absolute atomic E-state index is 0.0508. The molecule has 0 heterocycles. The second kappa shape index (κ2) is 5.67. The van der Waals surface area contributed by atoms with Crippen LogP contribution in [0.15, 0.2) is 51.4 Å². The second-order valence-electron chi connectivity index (χ2n) is 3.96. The SMILES string of the molecule is Nc1cc(Br)cc(C(=O)Cc2ccccc2Br)c1. The zero-order valence-corrected chi connectivity index (χ0v) is 12.7. The van der Waals surface area contributed by atoms with Crippen LogP contribution in [0.25, 0.3) is 0 Å². The van der Waals surface area contributed by atoms with Crippen LogP contribution < -0.4 is 5.73 Å². The van der Waals surface area contributed by atoms with Crippen molar-refractivity contribution in [3.63, 3.8) is 0 Å². The zero-order valence-electron chi connectivity index (χ0n) is 9.49. The van der Waals surface area contributed by atoms with Crippen LogP contribution in [0.4, 0.5) is 5.69 Å². The number of benzene rings is 2. The van der Waals surface area contributed by atoms with Crippen molar-refractivity contribution in [1.82, 2.24) is 0 Å². The molecule has 2 aromatic carbocycles. The second-order valence-corrected chi connectivity index (χ2v) is 5.73. The summed E-state index contributed by atoms with van der Waals surface area (Å²) < 4.78 is 1.76. The van der Waals surface area contributed by atoms with Gasteiger partial charge in [-0.15, -0.1) is 0 Å². The topological polar surface area (TPSA) is 43.1 Å². The summed E-state index contributed by atoms with van der Waals surface area (Å²) in [6, 6.07) is 13.0. The molecule has 18 heavy (non-hydrogen) atoms. The quantitative estimate of drug-likeness (QED) is 0.651. The van der Waals surface area contributed by atoms with Crippen LogP contribution in [-0.2, 0) is 6.42 Å². The van der Waals surface area contributed by atoms with Gasteiger partial charge in [0.25, 0.3) is 0 Å². The molecule has 0 spiro atoms. The number of carbonyl (C=O) groups is 1. The van der Waals surface area contributed by atoms with Gasteiger partial charge in [-0.3, -0.25) is 4.79 Å². The minimum Gasteiger partial charge on any atom is -0.399 e. The molecule has 0 bridgehead atoms. The normalized spacial score (nSPS) is 10.3. The zero-order chi connectivity index (χ0) is 13.1. The average Bonchev–Trinajstić information content (AvgIpc) is 2.31. The lowest BCUT2D eigenvalue weighted by atomic mass is 10.0. The van der Waals surface area contributed by atoms with Gasteiger partial charge in [-0.1, -0.05) is 50.1 Å². The highest BCUT2D eigenvalue weighted by atomic mass is 79.9. The van der Waals surface area contributed by atoms with Crippen LogP contribution in [0, 0.1) is 0 Å². The van der Waals surface area contributed by atoms with Crippen LogP contribution >= 0.6 is 31.9 Å². The molecule has 2 rings (SSSR count). The van der Waals surface area contributed by atoms with Crippen LogP contribution in [0.3, 0.4) is 0 Å². The van der Waals surface area contributed by atoms with Crippen molar-refractivity contribution in [2.75, 3.05) is 5.73 Å². The van der Waals surface area contributed by atoms with Crippen molar-refractivity contribution in [3.05, 3.63) is 62.5 Å². The molecule has 0 aromatic heterocycles. The van der Waals surface area contributed by atoms with E-state index in [0.29, 0.717) is 17.7 Å². The number of hydrogen-bond donors (Lipinski definition) is 1. The van der Waals surface area contributed by atoms with Crippen molar-refractivity contribution in [2.24, 2.45) is 0 Å². The summed E-state index contributed by atoms with van der Waals surface area (Å²) >= 11 is 6.78. The van der Waals surface area contributed by atoms with E-state index in [4.69, 9.17) is 5.73 Å². The first-order valence-corrected chi connectivity index (χ1v) is 6.97. The third kappa shape index (κ3) is 3.21. The molecular weight excluding hydrogens is 358 g/mol. The van der Waals surface area contributed by atoms with Gasteiger partial charge in [-0.2, -0.15) is 0 Å². The molecule has 0 fully saturated rings. The largest absolute Gasteiger partial charge is 0.399 e. The van der Waals surface area contributed by atoms with Gasteiger partial charge in [0.2, 0.25) is 0 Å². The number of carbonyl (C=O) groups excluding carboxylic acids is 1. The highest BCUT2D eigenvalue weighted by molar-refractivity contribution is 9.10. The summed E-state index contributed by atoms with van der Waals surface area (Å²) in [7, 11) is 0. The van der Waals surface area contributed by atoms with E-state index < -0.39 is 0 Å². The molecule has 0 radical (unpaired) electrons. The minimum atomic E-state index is 0.0508. The fourth-order valence-electron chi connectivity index (χ4n) is 1.69. The first-order valence-electron chi connectivity index (χ1n) is 5.39. The smallest absolute Gasteiger partial charge is 0.167 e. The molecular formula is C14H11Br2NO. The summed E-state index contributed by atoms with van der Waals surface area (Å²) in [6.07, 6.45) is 0.358.